The number of ether oxygens (including phenoxy) is 2. The summed E-state index contributed by atoms with van der Waals surface area (Å²) in [5.74, 6) is 0.440. The number of allylic oxidation sites excluding steroid dienone is 1. The molecule has 3 aromatic rings. The molecule has 0 aliphatic carbocycles. The Morgan fingerprint density at radius 2 is 2.15 bits per heavy atom. The van der Waals surface area contributed by atoms with Crippen molar-refractivity contribution in [1.29, 1.82) is 5.26 Å². The number of aromatic nitrogens is 2. The van der Waals surface area contributed by atoms with Gasteiger partial charge in [-0.1, -0.05) is 28.1 Å². The second-order valence-corrected chi connectivity index (χ2v) is 6.24. The van der Waals surface area contributed by atoms with E-state index in [0.29, 0.717) is 22.7 Å². The number of carbonyl (C=O) groups is 1. The number of fused-ring (bicyclic) bond motifs is 1. The molecule has 0 aliphatic rings. The van der Waals surface area contributed by atoms with E-state index >= 15 is 0 Å². The van der Waals surface area contributed by atoms with Crippen LogP contribution in [0.3, 0.4) is 0 Å². The SMILES string of the molecule is COC(=O)COc1ccc(Br)cc1C=C(C#N)c1nc2ccccc2[nH]1. The van der Waals surface area contributed by atoms with E-state index in [1.165, 1.54) is 7.11 Å². The molecule has 0 unspecified atom stereocenters. The number of nitrogens with one attached hydrogen (secondary N) is 1. The molecule has 0 saturated carbocycles. The Kier molecular flexibility index (Phi) is 5.34. The van der Waals surface area contributed by atoms with E-state index in [2.05, 4.69) is 36.7 Å². The number of rotatable bonds is 5. The smallest absolute Gasteiger partial charge is 0.343 e. The Labute approximate surface area is 158 Å². The molecule has 0 atom stereocenters. The molecule has 130 valence electrons. The Bertz CT molecular complexity index is 1000. The maximum atomic E-state index is 11.3. The first-order valence-electron chi connectivity index (χ1n) is 7.67. The van der Waals surface area contributed by atoms with Crippen LogP contribution in [0.15, 0.2) is 46.9 Å². The van der Waals surface area contributed by atoms with Gasteiger partial charge in [0.25, 0.3) is 0 Å². The quantitative estimate of drug-likeness (QED) is 0.507. The maximum Gasteiger partial charge on any atom is 0.343 e. The average Bonchev–Trinajstić information content (AvgIpc) is 3.09. The molecule has 0 fully saturated rings. The van der Waals surface area contributed by atoms with Gasteiger partial charge in [-0.05, 0) is 36.4 Å². The zero-order valence-corrected chi connectivity index (χ0v) is 15.4. The van der Waals surface area contributed by atoms with Crippen molar-refractivity contribution in [3.05, 3.63) is 58.3 Å². The molecule has 0 bridgehead atoms. The molecule has 1 heterocycles. The normalized spacial score (nSPS) is 11.2. The molecule has 3 rings (SSSR count). The summed E-state index contributed by atoms with van der Waals surface area (Å²) < 4.78 is 10.9. The number of imidazole rings is 1. The van der Waals surface area contributed by atoms with Crippen LogP contribution in [-0.4, -0.2) is 29.7 Å². The number of hydrogen-bond donors (Lipinski definition) is 1. The van der Waals surface area contributed by atoms with E-state index in [4.69, 9.17) is 4.74 Å². The van der Waals surface area contributed by atoms with Crippen LogP contribution in [0.2, 0.25) is 0 Å². The zero-order chi connectivity index (χ0) is 18.5. The summed E-state index contributed by atoms with van der Waals surface area (Å²) in [4.78, 5) is 18.9. The minimum Gasteiger partial charge on any atom is -0.481 e. The second-order valence-electron chi connectivity index (χ2n) is 5.32. The first-order valence-corrected chi connectivity index (χ1v) is 8.46. The summed E-state index contributed by atoms with van der Waals surface area (Å²) in [5, 5.41) is 9.58. The fourth-order valence-corrected chi connectivity index (χ4v) is 2.73. The third kappa shape index (κ3) is 3.92. The fraction of sp³-hybridized carbons (Fsp3) is 0.105. The minimum atomic E-state index is -0.486. The number of halogens is 1. The summed E-state index contributed by atoms with van der Waals surface area (Å²) in [5.41, 5.74) is 2.61. The average molecular weight is 412 g/mol. The molecule has 1 aromatic heterocycles. The highest BCUT2D eigenvalue weighted by Gasteiger charge is 2.11. The lowest BCUT2D eigenvalue weighted by Gasteiger charge is -2.09. The van der Waals surface area contributed by atoms with Crippen LogP contribution in [0, 0.1) is 11.3 Å². The van der Waals surface area contributed by atoms with E-state index in [1.54, 1.807) is 24.3 Å². The third-order valence-electron chi connectivity index (χ3n) is 3.61. The standard InChI is InChI=1S/C19H14BrN3O3/c1-25-18(24)11-26-17-7-6-14(20)9-12(17)8-13(10-21)19-22-15-4-2-3-5-16(15)23-19/h2-9H,11H2,1H3,(H,22,23). The second kappa shape index (κ2) is 7.85. The monoisotopic (exact) mass is 411 g/mol. The molecular formula is C19H14BrN3O3. The molecule has 7 heteroatoms. The van der Waals surface area contributed by atoms with E-state index in [-0.39, 0.29) is 6.61 Å². The Hall–Kier alpha value is -3.11. The number of carbonyl (C=O) groups excluding carboxylic acids is 1. The van der Waals surface area contributed by atoms with E-state index < -0.39 is 5.97 Å². The number of esters is 1. The highest BCUT2D eigenvalue weighted by Crippen LogP contribution is 2.28. The van der Waals surface area contributed by atoms with Gasteiger partial charge in [-0.2, -0.15) is 5.26 Å². The highest BCUT2D eigenvalue weighted by atomic mass is 79.9. The van der Waals surface area contributed by atoms with Crippen LogP contribution in [0.1, 0.15) is 11.4 Å². The maximum absolute atomic E-state index is 11.3. The van der Waals surface area contributed by atoms with Crippen LogP contribution < -0.4 is 4.74 Å². The van der Waals surface area contributed by atoms with Gasteiger partial charge >= 0.3 is 5.97 Å². The predicted octanol–water partition coefficient (Wildman–Crippen LogP) is 3.94. The third-order valence-corrected chi connectivity index (χ3v) is 4.10. The van der Waals surface area contributed by atoms with Gasteiger partial charge in [-0.15, -0.1) is 0 Å². The number of para-hydroxylation sites is 2. The molecule has 2 aromatic carbocycles. The van der Waals surface area contributed by atoms with Gasteiger partial charge in [-0.3, -0.25) is 0 Å². The van der Waals surface area contributed by atoms with Crippen LogP contribution in [0.4, 0.5) is 0 Å². The van der Waals surface area contributed by atoms with E-state index in [1.807, 2.05) is 24.3 Å². The zero-order valence-electron chi connectivity index (χ0n) is 13.8. The number of H-pyrrole nitrogens is 1. The summed E-state index contributed by atoms with van der Waals surface area (Å²) in [6, 6.07) is 15.0. The summed E-state index contributed by atoms with van der Waals surface area (Å²) in [7, 11) is 1.30. The van der Waals surface area contributed by atoms with Crippen molar-refractivity contribution in [1.82, 2.24) is 9.97 Å². The van der Waals surface area contributed by atoms with Crippen LogP contribution in [0.5, 0.6) is 5.75 Å². The first-order chi connectivity index (χ1) is 12.6. The number of nitrogens with zero attached hydrogens (tertiary/aromatic N) is 2. The summed E-state index contributed by atoms with van der Waals surface area (Å²) in [6.07, 6.45) is 1.66. The molecule has 26 heavy (non-hydrogen) atoms. The molecular weight excluding hydrogens is 398 g/mol. The largest absolute Gasteiger partial charge is 0.481 e. The van der Waals surface area contributed by atoms with Gasteiger partial charge < -0.3 is 14.5 Å². The van der Waals surface area contributed by atoms with E-state index in [0.717, 1.165) is 15.5 Å². The minimum absolute atomic E-state index is 0.217. The van der Waals surface area contributed by atoms with Crippen molar-refractivity contribution in [2.24, 2.45) is 0 Å². The number of methoxy groups -OCH3 is 1. The molecule has 0 amide bonds. The molecule has 0 spiro atoms. The molecule has 0 aliphatic heterocycles. The van der Waals surface area contributed by atoms with Crippen LogP contribution in [0.25, 0.3) is 22.7 Å². The van der Waals surface area contributed by atoms with Gasteiger partial charge in [-0.25, -0.2) is 9.78 Å². The Balaban J connectivity index is 1.99. The van der Waals surface area contributed by atoms with Crippen molar-refractivity contribution in [2.45, 2.75) is 0 Å². The van der Waals surface area contributed by atoms with E-state index in [9.17, 15) is 10.1 Å². The van der Waals surface area contributed by atoms with Crippen molar-refractivity contribution >= 4 is 44.6 Å². The van der Waals surface area contributed by atoms with Crippen molar-refractivity contribution in [3.63, 3.8) is 0 Å². The number of hydrogen-bond acceptors (Lipinski definition) is 5. The van der Waals surface area contributed by atoms with Gasteiger partial charge in [0, 0.05) is 10.0 Å². The molecule has 1 N–H and O–H groups in total. The van der Waals surface area contributed by atoms with Gasteiger partial charge in [0.15, 0.2) is 6.61 Å². The summed E-state index contributed by atoms with van der Waals surface area (Å²) >= 11 is 3.40. The lowest BCUT2D eigenvalue weighted by atomic mass is 10.1. The Morgan fingerprint density at radius 1 is 1.35 bits per heavy atom. The predicted molar refractivity (Wildman–Crippen MR) is 101 cm³/mol. The van der Waals surface area contributed by atoms with Crippen LogP contribution >= 0.6 is 15.9 Å². The first kappa shape index (κ1) is 17.7. The molecule has 0 saturated heterocycles. The molecule has 0 radical (unpaired) electrons. The lowest BCUT2D eigenvalue weighted by molar-refractivity contribution is -0.142. The fourth-order valence-electron chi connectivity index (χ4n) is 2.35. The van der Waals surface area contributed by atoms with Crippen molar-refractivity contribution in [2.75, 3.05) is 13.7 Å². The van der Waals surface area contributed by atoms with Gasteiger partial charge in [0.1, 0.15) is 17.6 Å². The Morgan fingerprint density at radius 3 is 2.88 bits per heavy atom. The number of nitriles is 1. The van der Waals surface area contributed by atoms with Crippen molar-refractivity contribution < 1.29 is 14.3 Å². The molecule has 6 nitrogen and oxygen atoms in total. The highest BCUT2D eigenvalue weighted by molar-refractivity contribution is 9.10. The van der Waals surface area contributed by atoms with Gasteiger partial charge in [0.05, 0.1) is 23.7 Å². The van der Waals surface area contributed by atoms with Gasteiger partial charge in [0.2, 0.25) is 0 Å². The van der Waals surface area contributed by atoms with Crippen LogP contribution in [-0.2, 0) is 9.53 Å². The number of benzene rings is 2. The number of aromatic amines is 1. The lowest BCUT2D eigenvalue weighted by Crippen LogP contribution is -2.13. The topological polar surface area (TPSA) is 88.0 Å². The summed E-state index contributed by atoms with van der Waals surface area (Å²) in [6.45, 7) is -0.217. The van der Waals surface area contributed by atoms with Crippen molar-refractivity contribution in [3.8, 4) is 11.8 Å².